The number of hydrogen-bond acceptors (Lipinski definition) is 1. The lowest BCUT2D eigenvalue weighted by Gasteiger charge is -2.02. The molecule has 1 rings (SSSR count). The summed E-state index contributed by atoms with van der Waals surface area (Å²) in [5.41, 5.74) is 3.47. The largest absolute Gasteiger partial charge is 0.261 e. The molecule has 0 atom stereocenters. The molecule has 88 valence electrons. The SMILES string of the molecule is BCC(=C)C(=C/C)/N=C\CCc1ccccc1. The van der Waals surface area contributed by atoms with Crippen LogP contribution in [-0.2, 0) is 6.42 Å². The molecule has 0 aromatic heterocycles. The van der Waals surface area contributed by atoms with Crippen LogP contribution < -0.4 is 0 Å². The van der Waals surface area contributed by atoms with Gasteiger partial charge in [0.2, 0.25) is 0 Å². The van der Waals surface area contributed by atoms with Crippen LogP contribution in [0.4, 0.5) is 0 Å². The fraction of sp³-hybridized carbons (Fsp3) is 0.267. The molecule has 0 N–H and O–H groups in total. The Morgan fingerprint density at radius 3 is 2.65 bits per heavy atom. The second-order valence-corrected chi connectivity index (χ2v) is 3.97. The summed E-state index contributed by atoms with van der Waals surface area (Å²) >= 11 is 0. The van der Waals surface area contributed by atoms with E-state index in [1.54, 1.807) is 0 Å². The molecule has 1 nitrogen and oxygen atoms in total. The molecule has 0 fully saturated rings. The lowest BCUT2D eigenvalue weighted by Crippen LogP contribution is -1.88. The average molecular weight is 225 g/mol. The molecule has 1 aromatic carbocycles. The first-order valence-electron chi connectivity index (χ1n) is 6.18. The van der Waals surface area contributed by atoms with Crippen LogP contribution in [0.15, 0.2) is 59.2 Å². The Kier molecular flexibility index (Phi) is 6.09. The predicted molar refractivity (Wildman–Crippen MR) is 79.5 cm³/mol. The molecule has 0 saturated heterocycles. The number of hydrogen-bond donors (Lipinski definition) is 0. The Balaban J connectivity index is 2.43. The van der Waals surface area contributed by atoms with Crippen LogP contribution >= 0.6 is 0 Å². The first-order valence-corrected chi connectivity index (χ1v) is 6.18. The summed E-state index contributed by atoms with van der Waals surface area (Å²) in [4.78, 5) is 4.46. The topological polar surface area (TPSA) is 12.4 Å². The highest BCUT2D eigenvalue weighted by atomic mass is 14.7. The molecule has 0 spiro atoms. The first-order chi connectivity index (χ1) is 8.27. The zero-order chi connectivity index (χ0) is 12.5. The quantitative estimate of drug-likeness (QED) is 0.400. The van der Waals surface area contributed by atoms with Crippen molar-refractivity contribution in [1.82, 2.24) is 0 Å². The van der Waals surface area contributed by atoms with E-state index in [-0.39, 0.29) is 0 Å². The minimum absolute atomic E-state index is 0.954. The summed E-state index contributed by atoms with van der Waals surface area (Å²) in [6.07, 6.45) is 6.97. The van der Waals surface area contributed by atoms with Crippen molar-refractivity contribution in [3.8, 4) is 0 Å². The Bertz CT molecular complexity index is 404. The lowest BCUT2D eigenvalue weighted by atomic mass is 9.96. The van der Waals surface area contributed by atoms with Gasteiger partial charge in [-0.2, -0.15) is 0 Å². The molecule has 0 radical (unpaired) electrons. The molecule has 1 aromatic rings. The zero-order valence-electron chi connectivity index (χ0n) is 10.8. The lowest BCUT2D eigenvalue weighted by molar-refractivity contribution is 1.05. The highest BCUT2D eigenvalue weighted by Crippen LogP contribution is 2.11. The first kappa shape index (κ1) is 13.5. The third kappa shape index (κ3) is 4.86. The Labute approximate surface area is 105 Å². The number of aryl methyl sites for hydroxylation is 1. The van der Waals surface area contributed by atoms with Gasteiger partial charge in [-0.3, -0.25) is 4.99 Å². The van der Waals surface area contributed by atoms with Crippen LogP contribution in [0.25, 0.3) is 0 Å². The van der Waals surface area contributed by atoms with Gasteiger partial charge in [-0.05, 0) is 30.9 Å². The van der Waals surface area contributed by atoms with Crippen LogP contribution in [0.3, 0.4) is 0 Å². The van der Waals surface area contributed by atoms with Gasteiger partial charge in [0.05, 0.1) is 5.70 Å². The van der Waals surface area contributed by atoms with E-state index in [0.717, 1.165) is 30.4 Å². The average Bonchev–Trinajstić information content (AvgIpc) is 2.39. The molecule has 0 bridgehead atoms. The maximum absolute atomic E-state index is 4.46. The maximum Gasteiger partial charge on any atom is 0.107 e. The molecule has 0 aliphatic heterocycles. The number of rotatable bonds is 6. The normalized spacial score (nSPS) is 11.9. The van der Waals surface area contributed by atoms with E-state index in [9.17, 15) is 0 Å². The third-order valence-corrected chi connectivity index (χ3v) is 2.70. The highest BCUT2D eigenvalue weighted by molar-refractivity contribution is 6.10. The van der Waals surface area contributed by atoms with Crippen molar-refractivity contribution in [2.75, 3.05) is 0 Å². The molecule has 0 aliphatic carbocycles. The second kappa shape index (κ2) is 7.67. The number of aliphatic imine (C=N–C) groups is 1. The van der Waals surface area contributed by atoms with Crippen LogP contribution in [0.5, 0.6) is 0 Å². The van der Waals surface area contributed by atoms with Gasteiger partial charge in [0.15, 0.2) is 0 Å². The Hall–Kier alpha value is -1.57. The van der Waals surface area contributed by atoms with E-state index in [2.05, 4.69) is 43.7 Å². The summed E-state index contributed by atoms with van der Waals surface area (Å²) in [5, 5.41) is 0. The molecule has 0 saturated carbocycles. The summed E-state index contributed by atoms with van der Waals surface area (Å²) in [6.45, 7) is 6.00. The number of benzene rings is 1. The van der Waals surface area contributed by atoms with Gasteiger partial charge in [0.25, 0.3) is 0 Å². The fourth-order valence-electron chi connectivity index (χ4n) is 1.59. The van der Waals surface area contributed by atoms with Gasteiger partial charge in [-0.15, -0.1) is 0 Å². The van der Waals surface area contributed by atoms with Crippen molar-refractivity contribution >= 4 is 14.1 Å². The van der Waals surface area contributed by atoms with Crippen molar-refractivity contribution in [1.29, 1.82) is 0 Å². The molecular formula is C15H20BN. The van der Waals surface area contributed by atoms with Gasteiger partial charge in [-0.1, -0.05) is 49.3 Å². The van der Waals surface area contributed by atoms with Crippen LogP contribution in [0, 0.1) is 0 Å². The number of allylic oxidation sites excluding steroid dienone is 2. The molecule has 2 heteroatoms. The van der Waals surface area contributed by atoms with E-state index in [1.165, 1.54) is 5.56 Å². The molecule has 0 amide bonds. The predicted octanol–water partition coefficient (Wildman–Crippen LogP) is 3.20. The summed E-state index contributed by atoms with van der Waals surface area (Å²) in [5.74, 6) is 0. The third-order valence-electron chi connectivity index (χ3n) is 2.70. The minimum atomic E-state index is 0.954. The zero-order valence-corrected chi connectivity index (χ0v) is 10.8. The molecule has 0 aliphatic rings. The summed E-state index contributed by atoms with van der Waals surface area (Å²) in [6, 6.07) is 10.5. The maximum atomic E-state index is 4.46. The van der Waals surface area contributed by atoms with E-state index < -0.39 is 0 Å². The van der Waals surface area contributed by atoms with Crippen LogP contribution in [0.2, 0.25) is 6.32 Å². The van der Waals surface area contributed by atoms with Crippen molar-refractivity contribution in [2.24, 2.45) is 4.99 Å². The monoisotopic (exact) mass is 225 g/mol. The standard InChI is InChI=1S/C15H20BN/c1-3-15(13(2)12-16)17-11-7-10-14-8-5-4-6-9-14/h3-6,8-9,11H,2,7,10,12,16H2,1H3/b15-3-,17-11-. The molecule has 17 heavy (non-hydrogen) atoms. The van der Waals surface area contributed by atoms with E-state index in [1.807, 2.05) is 25.3 Å². The van der Waals surface area contributed by atoms with Crippen molar-refractivity contribution in [3.63, 3.8) is 0 Å². The van der Waals surface area contributed by atoms with Gasteiger partial charge in [0.1, 0.15) is 7.85 Å². The highest BCUT2D eigenvalue weighted by Gasteiger charge is 1.95. The van der Waals surface area contributed by atoms with Gasteiger partial charge >= 0.3 is 0 Å². The van der Waals surface area contributed by atoms with Gasteiger partial charge < -0.3 is 0 Å². The Morgan fingerprint density at radius 1 is 1.35 bits per heavy atom. The van der Waals surface area contributed by atoms with Crippen molar-refractivity contribution in [2.45, 2.75) is 26.1 Å². The van der Waals surface area contributed by atoms with Crippen molar-refractivity contribution < 1.29 is 0 Å². The minimum Gasteiger partial charge on any atom is -0.261 e. The number of nitrogens with zero attached hydrogens (tertiary/aromatic N) is 1. The van der Waals surface area contributed by atoms with E-state index >= 15 is 0 Å². The van der Waals surface area contributed by atoms with Crippen LogP contribution in [-0.4, -0.2) is 14.1 Å². The van der Waals surface area contributed by atoms with Gasteiger partial charge in [-0.25, -0.2) is 0 Å². The summed E-state index contributed by atoms with van der Waals surface area (Å²) in [7, 11) is 2.10. The molecular weight excluding hydrogens is 205 g/mol. The summed E-state index contributed by atoms with van der Waals surface area (Å²) < 4.78 is 0. The van der Waals surface area contributed by atoms with E-state index in [4.69, 9.17) is 0 Å². The fourth-order valence-corrected chi connectivity index (χ4v) is 1.59. The second-order valence-electron chi connectivity index (χ2n) is 3.97. The molecule has 0 heterocycles. The van der Waals surface area contributed by atoms with Crippen LogP contribution in [0.1, 0.15) is 18.9 Å². The van der Waals surface area contributed by atoms with Gasteiger partial charge in [0, 0.05) is 6.21 Å². The van der Waals surface area contributed by atoms with Crippen molar-refractivity contribution in [3.05, 3.63) is 59.8 Å². The van der Waals surface area contributed by atoms with E-state index in [0.29, 0.717) is 0 Å². The smallest absolute Gasteiger partial charge is 0.107 e. The molecule has 0 unspecified atom stereocenters. The Morgan fingerprint density at radius 2 is 2.06 bits per heavy atom.